The Morgan fingerprint density at radius 2 is 1.81 bits per heavy atom. The lowest BCUT2D eigenvalue weighted by Gasteiger charge is -2.47. The largest absolute Gasteiger partial charge is 0.365 e. The van der Waals surface area contributed by atoms with Crippen molar-refractivity contribution in [2.75, 3.05) is 6.54 Å². The average Bonchev–Trinajstić information content (AvgIpc) is 2.56. The predicted octanol–water partition coefficient (Wildman–Crippen LogP) is 3.46. The summed E-state index contributed by atoms with van der Waals surface area (Å²) in [5.74, 6) is 0. The van der Waals surface area contributed by atoms with Crippen LogP contribution in [0.4, 0.5) is 0 Å². The first-order valence-electron chi connectivity index (χ1n) is 9.61. The van der Waals surface area contributed by atoms with E-state index in [0.717, 1.165) is 25.1 Å². The molecule has 1 aromatic heterocycles. The summed E-state index contributed by atoms with van der Waals surface area (Å²) in [7, 11) is 1.86. The van der Waals surface area contributed by atoms with E-state index >= 15 is 0 Å². The SMILES string of the molecule is Cn1cc(C2=CN(C(C)(C)C)C(C(C)(C)C)C=C2)c2c(c1=O)CCNC2. The average molecular weight is 356 g/mol. The van der Waals surface area contributed by atoms with Crippen molar-refractivity contribution in [2.24, 2.45) is 12.5 Å². The number of pyridine rings is 1. The van der Waals surface area contributed by atoms with E-state index in [0.29, 0.717) is 6.04 Å². The highest BCUT2D eigenvalue weighted by atomic mass is 16.1. The van der Waals surface area contributed by atoms with Crippen LogP contribution in [0.1, 0.15) is 58.2 Å². The lowest BCUT2D eigenvalue weighted by Crippen LogP contribution is -2.50. The van der Waals surface area contributed by atoms with Gasteiger partial charge < -0.3 is 14.8 Å². The van der Waals surface area contributed by atoms with Gasteiger partial charge in [-0.1, -0.05) is 32.9 Å². The Bertz CT molecular complexity index is 816. The Kier molecular flexibility index (Phi) is 4.68. The van der Waals surface area contributed by atoms with Gasteiger partial charge in [-0.15, -0.1) is 0 Å². The minimum absolute atomic E-state index is 0.0208. The number of hydrogen-bond donors (Lipinski definition) is 1. The quantitative estimate of drug-likeness (QED) is 0.838. The molecule has 4 nitrogen and oxygen atoms in total. The van der Waals surface area contributed by atoms with Crippen LogP contribution in [-0.2, 0) is 20.0 Å². The number of hydrogen-bond acceptors (Lipinski definition) is 3. The molecule has 1 atom stereocenters. The molecule has 0 bridgehead atoms. The molecule has 142 valence electrons. The molecule has 3 rings (SSSR count). The molecule has 3 heterocycles. The standard InChI is InChI=1S/C22H33N3O/c1-21(2,3)19-9-8-15(13-25(19)22(4,5)6)18-14-24(7)20(26)16-10-11-23-12-17(16)18/h8-9,13-14,19,23H,10-12H2,1-7H3. The van der Waals surface area contributed by atoms with E-state index in [2.05, 4.69) is 70.1 Å². The molecule has 0 aliphatic carbocycles. The van der Waals surface area contributed by atoms with E-state index in [1.165, 1.54) is 16.7 Å². The fraction of sp³-hybridized carbons (Fsp3) is 0.591. The maximum absolute atomic E-state index is 12.5. The van der Waals surface area contributed by atoms with Crippen molar-refractivity contribution in [3.63, 3.8) is 0 Å². The van der Waals surface area contributed by atoms with Crippen LogP contribution in [0.15, 0.2) is 29.3 Å². The number of fused-ring (bicyclic) bond motifs is 1. The molecule has 1 unspecified atom stereocenters. The highest BCUT2D eigenvalue weighted by Crippen LogP contribution is 2.37. The Morgan fingerprint density at radius 3 is 2.42 bits per heavy atom. The zero-order chi connectivity index (χ0) is 19.3. The third-order valence-electron chi connectivity index (χ3n) is 5.45. The van der Waals surface area contributed by atoms with Crippen LogP contribution in [0.5, 0.6) is 0 Å². The van der Waals surface area contributed by atoms with Crippen molar-refractivity contribution in [2.45, 2.75) is 66.1 Å². The van der Waals surface area contributed by atoms with Crippen LogP contribution < -0.4 is 10.9 Å². The normalized spacial score (nSPS) is 20.8. The van der Waals surface area contributed by atoms with Crippen LogP contribution in [0.2, 0.25) is 0 Å². The van der Waals surface area contributed by atoms with Gasteiger partial charge in [0, 0.05) is 42.7 Å². The van der Waals surface area contributed by atoms with Crippen LogP contribution in [0, 0.1) is 5.41 Å². The summed E-state index contributed by atoms with van der Waals surface area (Å²) in [5.41, 5.74) is 4.81. The summed E-state index contributed by atoms with van der Waals surface area (Å²) >= 11 is 0. The molecule has 0 saturated heterocycles. The number of aryl methyl sites for hydroxylation is 1. The Hall–Kier alpha value is -1.81. The fourth-order valence-corrected chi connectivity index (χ4v) is 4.01. The van der Waals surface area contributed by atoms with Crippen molar-refractivity contribution in [1.29, 1.82) is 0 Å². The maximum atomic E-state index is 12.5. The molecular weight excluding hydrogens is 322 g/mol. The van der Waals surface area contributed by atoms with Gasteiger partial charge in [-0.3, -0.25) is 4.79 Å². The molecule has 0 amide bonds. The maximum Gasteiger partial charge on any atom is 0.253 e. The molecule has 1 aromatic rings. The van der Waals surface area contributed by atoms with E-state index < -0.39 is 0 Å². The van der Waals surface area contributed by atoms with Crippen molar-refractivity contribution >= 4 is 5.57 Å². The third kappa shape index (κ3) is 3.39. The van der Waals surface area contributed by atoms with Gasteiger partial charge in [0.05, 0.1) is 6.04 Å². The van der Waals surface area contributed by atoms with Crippen molar-refractivity contribution in [1.82, 2.24) is 14.8 Å². The second-order valence-corrected chi connectivity index (χ2v) is 9.68. The van der Waals surface area contributed by atoms with Gasteiger partial charge in [-0.05, 0) is 50.3 Å². The topological polar surface area (TPSA) is 37.3 Å². The first-order valence-corrected chi connectivity index (χ1v) is 9.61. The highest BCUT2D eigenvalue weighted by Gasteiger charge is 2.35. The third-order valence-corrected chi connectivity index (χ3v) is 5.45. The molecule has 26 heavy (non-hydrogen) atoms. The van der Waals surface area contributed by atoms with Gasteiger partial charge in [0.2, 0.25) is 0 Å². The van der Waals surface area contributed by atoms with Crippen LogP contribution in [0.3, 0.4) is 0 Å². The summed E-state index contributed by atoms with van der Waals surface area (Å²) in [6.45, 7) is 15.3. The van der Waals surface area contributed by atoms with Gasteiger partial charge in [0.25, 0.3) is 5.56 Å². The van der Waals surface area contributed by atoms with Gasteiger partial charge in [0.15, 0.2) is 0 Å². The number of allylic oxidation sites excluding steroid dienone is 2. The molecule has 2 aliphatic heterocycles. The molecule has 4 heteroatoms. The number of rotatable bonds is 1. The van der Waals surface area contributed by atoms with Crippen molar-refractivity contribution in [3.05, 3.63) is 51.6 Å². The molecule has 2 aliphatic rings. The van der Waals surface area contributed by atoms with Gasteiger partial charge >= 0.3 is 0 Å². The van der Waals surface area contributed by atoms with Gasteiger partial charge in [0.1, 0.15) is 0 Å². The predicted molar refractivity (Wildman–Crippen MR) is 109 cm³/mol. The second kappa shape index (κ2) is 6.41. The summed E-state index contributed by atoms with van der Waals surface area (Å²) in [5, 5.41) is 3.43. The van der Waals surface area contributed by atoms with E-state index in [9.17, 15) is 4.79 Å². The molecule has 0 saturated carbocycles. The van der Waals surface area contributed by atoms with Crippen LogP contribution in [-0.4, -0.2) is 27.6 Å². The zero-order valence-electron chi connectivity index (χ0n) is 17.3. The Balaban J connectivity index is 2.14. The van der Waals surface area contributed by atoms with Crippen molar-refractivity contribution < 1.29 is 0 Å². The molecule has 0 radical (unpaired) electrons. The van der Waals surface area contributed by atoms with Gasteiger partial charge in [-0.25, -0.2) is 0 Å². The monoisotopic (exact) mass is 355 g/mol. The zero-order valence-corrected chi connectivity index (χ0v) is 17.3. The lowest BCUT2D eigenvalue weighted by atomic mass is 9.81. The number of nitrogens with zero attached hydrogens (tertiary/aromatic N) is 2. The summed E-state index contributed by atoms with van der Waals surface area (Å²) in [6.07, 6.45) is 9.68. The minimum Gasteiger partial charge on any atom is -0.365 e. The molecule has 0 aromatic carbocycles. The van der Waals surface area contributed by atoms with E-state index in [-0.39, 0.29) is 16.5 Å². The van der Waals surface area contributed by atoms with Crippen molar-refractivity contribution in [3.8, 4) is 0 Å². The number of aromatic nitrogens is 1. The minimum atomic E-state index is 0.0208. The molecule has 0 fully saturated rings. The summed E-state index contributed by atoms with van der Waals surface area (Å²) in [6, 6.07) is 0.340. The molecular formula is C22H33N3O. The van der Waals surface area contributed by atoms with Crippen LogP contribution >= 0.6 is 0 Å². The highest BCUT2D eigenvalue weighted by molar-refractivity contribution is 5.77. The Labute approximate surface area is 157 Å². The number of nitrogens with one attached hydrogen (secondary N) is 1. The van der Waals surface area contributed by atoms with Crippen LogP contribution in [0.25, 0.3) is 5.57 Å². The van der Waals surface area contributed by atoms with Gasteiger partial charge in [-0.2, -0.15) is 0 Å². The Morgan fingerprint density at radius 1 is 1.12 bits per heavy atom. The van der Waals surface area contributed by atoms with E-state index in [1.54, 1.807) is 4.57 Å². The molecule has 1 N–H and O–H groups in total. The first-order chi connectivity index (χ1) is 12.0. The summed E-state index contributed by atoms with van der Waals surface area (Å²) in [4.78, 5) is 15.0. The molecule has 0 spiro atoms. The van der Waals surface area contributed by atoms with E-state index in [1.807, 2.05) is 13.2 Å². The lowest BCUT2D eigenvalue weighted by molar-refractivity contribution is 0.0985. The summed E-state index contributed by atoms with van der Waals surface area (Å²) < 4.78 is 1.74. The second-order valence-electron chi connectivity index (χ2n) is 9.68. The smallest absolute Gasteiger partial charge is 0.253 e. The first kappa shape index (κ1) is 19.0. The van der Waals surface area contributed by atoms with E-state index in [4.69, 9.17) is 0 Å². The fourth-order valence-electron chi connectivity index (χ4n) is 4.01.